The van der Waals surface area contributed by atoms with Gasteiger partial charge in [0.05, 0.1) is 11.3 Å². The molecular weight excluding hydrogens is 508 g/mol. The number of amides is 1. The van der Waals surface area contributed by atoms with Gasteiger partial charge in [0.1, 0.15) is 0 Å². The quantitative estimate of drug-likeness (QED) is 0.488. The van der Waals surface area contributed by atoms with Crippen molar-refractivity contribution in [2.75, 3.05) is 5.32 Å². The van der Waals surface area contributed by atoms with E-state index in [0.29, 0.717) is 5.69 Å². The Morgan fingerprint density at radius 1 is 1.15 bits per heavy atom. The molecule has 0 radical (unpaired) electrons. The molecule has 0 unspecified atom stereocenters. The molecule has 0 fully saturated rings. The third-order valence-corrected chi connectivity index (χ3v) is 4.27. The van der Waals surface area contributed by atoms with E-state index in [9.17, 15) is 4.79 Å². The van der Waals surface area contributed by atoms with Gasteiger partial charge >= 0.3 is 21.1 Å². The first-order chi connectivity index (χ1) is 12.7. The van der Waals surface area contributed by atoms with Gasteiger partial charge in [-0.25, -0.2) is 0 Å². The largest absolute Gasteiger partial charge is 2.00 e. The second-order valence-corrected chi connectivity index (χ2v) is 5.94. The van der Waals surface area contributed by atoms with Crippen LogP contribution in [0.3, 0.4) is 0 Å². The van der Waals surface area contributed by atoms with Crippen molar-refractivity contribution in [3.63, 3.8) is 0 Å². The van der Waals surface area contributed by atoms with Crippen LogP contribution in [0.25, 0.3) is 11.3 Å². The van der Waals surface area contributed by atoms with Gasteiger partial charge in [-0.2, -0.15) is 36.6 Å². The number of rotatable bonds is 2. The molecule has 1 amide bonds. The Hall–Kier alpha value is -2.39. The molecule has 0 saturated heterocycles. The number of carbonyl (C=O) groups is 1. The summed E-state index contributed by atoms with van der Waals surface area (Å²) in [5.41, 5.74) is 5.84. The minimum Gasteiger partial charge on any atom is -0.346 e. The average Bonchev–Trinajstić information content (AvgIpc) is 3.01. The number of nitrogens with one attached hydrogen (secondary N) is 2. The Labute approximate surface area is 174 Å². The van der Waals surface area contributed by atoms with E-state index in [0.717, 1.165) is 53.0 Å². The standard InChI is InChI=1S/C19H17N4O.C2H5.W/c1-12-7-9-14(10-8-12)21-19(24)18-16-15(22-23-18)6-2-4-13-5-3-11-20-17(13)16;1-2;/h3,5,7-11H,1-2,4,6H2,(H,21,24)(H,22,23);1H2,2H3;/q2*-1;+2. The van der Waals surface area contributed by atoms with Crippen LogP contribution in [-0.4, -0.2) is 21.1 Å². The van der Waals surface area contributed by atoms with Crippen LogP contribution in [0.1, 0.15) is 40.7 Å². The summed E-state index contributed by atoms with van der Waals surface area (Å²) < 4.78 is 0. The molecule has 2 heterocycles. The number of aromatic nitrogens is 3. The summed E-state index contributed by atoms with van der Waals surface area (Å²) in [6.45, 7) is 8.85. The molecule has 0 spiro atoms. The van der Waals surface area contributed by atoms with Crippen LogP contribution < -0.4 is 5.32 Å². The van der Waals surface area contributed by atoms with Crippen molar-refractivity contribution in [1.29, 1.82) is 0 Å². The first-order valence-corrected chi connectivity index (χ1v) is 8.68. The Morgan fingerprint density at radius 3 is 2.63 bits per heavy atom. The van der Waals surface area contributed by atoms with Crippen molar-refractivity contribution in [2.45, 2.75) is 26.2 Å². The normalized spacial score (nSPS) is 11.6. The molecule has 27 heavy (non-hydrogen) atoms. The number of nitrogens with zero attached hydrogens (tertiary/aromatic N) is 2. The molecule has 2 aromatic heterocycles. The smallest absolute Gasteiger partial charge is 0.346 e. The van der Waals surface area contributed by atoms with Crippen LogP contribution in [-0.2, 0) is 33.9 Å². The number of anilines is 1. The molecule has 5 nitrogen and oxygen atoms in total. The SMILES string of the molecule is [CH2-]C.[CH2-]c1ccc(NC(=O)c2n[nH]c3c2-c2ncccc2CCC3)cc1.[W+2]. The molecule has 4 rings (SSSR count). The zero-order chi connectivity index (χ0) is 18.5. The average molecular weight is 530 g/mol. The molecule has 0 atom stereocenters. The first-order valence-electron chi connectivity index (χ1n) is 8.68. The number of aryl methyl sites for hydroxylation is 2. The Morgan fingerprint density at radius 2 is 1.89 bits per heavy atom. The molecule has 0 saturated carbocycles. The monoisotopic (exact) mass is 530 g/mol. The van der Waals surface area contributed by atoms with Crippen molar-refractivity contribution < 1.29 is 25.9 Å². The first kappa shape index (κ1) is 20.9. The third kappa shape index (κ3) is 4.48. The Kier molecular flexibility index (Phi) is 7.37. The molecule has 1 aromatic carbocycles. The van der Waals surface area contributed by atoms with E-state index in [4.69, 9.17) is 0 Å². The van der Waals surface area contributed by atoms with Crippen LogP contribution in [0.5, 0.6) is 0 Å². The molecular formula is C21H22N4OW. The number of aromatic amines is 1. The number of H-pyrrole nitrogens is 1. The maximum Gasteiger partial charge on any atom is 2.00 e. The molecule has 3 aromatic rings. The van der Waals surface area contributed by atoms with E-state index in [2.05, 4.69) is 40.4 Å². The minimum absolute atomic E-state index is 0. The molecule has 138 valence electrons. The van der Waals surface area contributed by atoms with Gasteiger partial charge in [-0.15, -0.1) is 0 Å². The summed E-state index contributed by atoms with van der Waals surface area (Å²) in [5, 5.41) is 10.2. The Balaban J connectivity index is 0.000000844. The predicted molar refractivity (Wildman–Crippen MR) is 104 cm³/mol. The van der Waals surface area contributed by atoms with Crippen molar-refractivity contribution in [3.8, 4) is 11.3 Å². The number of benzene rings is 1. The molecule has 0 bridgehead atoms. The second-order valence-electron chi connectivity index (χ2n) is 5.94. The number of fused-ring (bicyclic) bond motifs is 3. The molecule has 1 aliphatic rings. The maximum atomic E-state index is 12.7. The summed E-state index contributed by atoms with van der Waals surface area (Å²) in [4.78, 5) is 17.2. The number of hydrogen-bond donors (Lipinski definition) is 2. The fraction of sp³-hybridized carbons (Fsp3) is 0.190. The van der Waals surface area contributed by atoms with Gasteiger partial charge in [0.25, 0.3) is 5.91 Å². The number of pyridine rings is 1. The molecule has 0 aliphatic heterocycles. The second kappa shape index (κ2) is 9.52. The molecule has 1 aliphatic carbocycles. The number of carbonyl (C=O) groups excluding carboxylic acids is 1. The van der Waals surface area contributed by atoms with Gasteiger partial charge in [0, 0.05) is 17.6 Å². The van der Waals surface area contributed by atoms with E-state index in [-0.39, 0.29) is 27.0 Å². The van der Waals surface area contributed by atoms with Crippen LogP contribution in [0.4, 0.5) is 5.69 Å². The van der Waals surface area contributed by atoms with Gasteiger partial charge in [-0.1, -0.05) is 18.2 Å². The summed E-state index contributed by atoms with van der Waals surface area (Å²) >= 11 is 0. The third-order valence-electron chi connectivity index (χ3n) is 4.27. The summed E-state index contributed by atoms with van der Waals surface area (Å²) in [7, 11) is 0. The fourth-order valence-electron chi connectivity index (χ4n) is 3.08. The summed E-state index contributed by atoms with van der Waals surface area (Å²) in [5.74, 6) is -0.234. The van der Waals surface area contributed by atoms with Crippen molar-refractivity contribution >= 4 is 11.6 Å². The van der Waals surface area contributed by atoms with Crippen molar-refractivity contribution in [2.24, 2.45) is 0 Å². The van der Waals surface area contributed by atoms with Gasteiger partial charge in [-0.3, -0.25) is 14.9 Å². The van der Waals surface area contributed by atoms with Gasteiger partial charge in [-0.05, 0) is 30.9 Å². The zero-order valence-electron chi connectivity index (χ0n) is 15.3. The van der Waals surface area contributed by atoms with E-state index in [1.165, 1.54) is 0 Å². The van der Waals surface area contributed by atoms with Gasteiger partial charge in [0.2, 0.25) is 0 Å². The fourth-order valence-corrected chi connectivity index (χ4v) is 3.08. The van der Waals surface area contributed by atoms with Crippen LogP contribution in [0.15, 0.2) is 42.6 Å². The van der Waals surface area contributed by atoms with E-state index >= 15 is 0 Å². The Bertz CT molecular complexity index is 903. The zero-order valence-corrected chi connectivity index (χ0v) is 18.2. The van der Waals surface area contributed by atoms with Crippen LogP contribution in [0, 0.1) is 13.8 Å². The van der Waals surface area contributed by atoms with Crippen molar-refractivity contribution in [1.82, 2.24) is 15.2 Å². The van der Waals surface area contributed by atoms with Crippen LogP contribution >= 0.6 is 0 Å². The van der Waals surface area contributed by atoms with E-state index in [1.54, 1.807) is 13.1 Å². The minimum atomic E-state index is -0.234. The predicted octanol–water partition coefficient (Wildman–Crippen LogP) is 4.23. The van der Waals surface area contributed by atoms with E-state index < -0.39 is 0 Å². The van der Waals surface area contributed by atoms with Gasteiger partial charge in [0.15, 0.2) is 5.69 Å². The van der Waals surface area contributed by atoms with E-state index in [1.807, 2.05) is 30.3 Å². The van der Waals surface area contributed by atoms with Gasteiger partial charge < -0.3 is 12.2 Å². The number of hydrogen-bond acceptors (Lipinski definition) is 3. The molecule has 2 N–H and O–H groups in total. The summed E-state index contributed by atoms with van der Waals surface area (Å²) in [6.07, 6.45) is 4.59. The topological polar surface area (TPSA) is 70.7 Å². The van der Waals surface area contributed by atoms with Crippen molar-refractivity contribution in [3.05, 3.63) is 79.0 Å². The molecule has 6 heteroatoms. The summed E-state index contributed by atoms with van der Waals surface area (Å²) in [6, 6.07) is 11.4. The van der Waals surface area contributed by atoms with Crippen LogP contribution in [0.2, 0.25) is 0 Å². The maximum absolute atomic E-state index is 12.7.